The first-order chi connectivity index (χ1) is 15.7. The molecule has 0 saturated heterocycles. The zero-order valence-electron chi connectivity index (χ0n) is 19.3. The Kier molecular flexibility index (Phi) is 8.06. The van der Waals surface area contributed by atoms with Crippen molar-refractivity contribution in [3.05, 3.63) is 12.2 Å². The van der Waals surface area contributed by atoms with Crippen LogP contribution in [-0.2, 0) is 38.7 Å². The Labute approximate surface area is 197 Å². The summed E-state index contributed by atoms with van der Waals surface area (Å²) in [5, 5.41) is -5.00. The summed E-state index contributed by atoms with van der Waals surface area (Å²) in [6.07, 6.45) is 3.06. The third-order valence-corrected chi connectivity index (χ3v) is 7.64. The molecule has 4 bridgehead atoms. The van der Waals surface area contributed by atoms with Gasteiger partial charge in [-0.1, -0.05) is 6.58 Å². The molecule has 0 radical (unpaired) electrons. The van der Waals surface area contributed by atoms with Crippen LogP contribution in [0.25, 0.3) is 0 Å². The molecule has 0 aromatic rings. The lowest BCUT2D eigenvalue weighted by Gasteiger charge is -2.59. The number of halogens is 2. The first kappa shape index (κ1) is 27.0. The van der Waals surface area contributed by atoms with Gasteiger partial charge >= 0.3 is 27.3 Å². The molecule has 0 aromatic carbocycles. The molecule has 34 heavy (non-hydrogen) atoms. The fourth-order valence-electron chi connectivity index (χ4n) is 5.66. The summed E-state index contributed by atoms with van der Waals surface area (Å²) in [5.41, 5.74) is -0.167. The average molecular weight is 511 g/mol. The van der Waals surface area contributed by atoms with E-state index in [4.69, 9.17) is 23.5 Å². The largest absolute Gasteiger partial charge is 0.465 e. The molecule has 0 aliphatic heterocycles. The van der Waals surface area contributed by atoms with Gasteiger partial charge < -0.3 is 18.9 Å². The SMILES string of the molecule is C=C(C)C(=O)OCCCCOC(C)OC12CC3CC(C1)C(OC(=O)C(F)(F)S(=O)(=O)O)C(C3)C2. The topological polar surface area (TPSA) is 125 Å². The summed E-state index contributed by atoms with van der Waals surface area (Å²) in [7, 11) is -5.91. The molecule has 4 aliphatic carbocycles. The lowest BCUT2D eigenvalue weighted by molar-refractivity contribution is -0.269. The van der Waals surface area contributed by atoms with E-state index >= 15 is 0 Å². The van der Waals surface area contributed by atoms with E-state index in [1.807, 2.05) is 0 Å². The molecule has 4 saturated carbocycles. The van der Waals surface area contributed by atoms with Crippen LogP contribution in [0.4, 0.5) is 8.78 Å². The van der Waals surface area contributed by atoms with Crippen molar-refractivity contribution in [3.8, 4) is 0 Å². The van der Waals surface area contributed by atoms with Crippen molar-refractivity contribution in [2.24, 2.45) is 17.8 Å². The average Bonchev–Trinajstić information content (AvgIpc) is 2.71. The molecule has 0 amide bonds. The molecule has 1 N–H and O–H groups in total. The number of rotatable bonds is 12. The predicted molar refractivity (Wildman–Crippen MR) is 114 cm³/mol. The fourth-order valence-corrected chi connectivity index (χ4v) is 5.92. The second kappa shape index (κ2) is 10.2. The van der Waals surface area contributed by atoms with Crippen LogP contribution in [0.1, 0.15) is 58.8 Å². The van der Waals surface area contributed by atoms with Gasteiger partial charge in [-0.25, -0.2) is 9.59 Å². The van der Waals surface area contributed by atoms with Gasteiger partial charge in [0.05, 0.1) is 12.2 Å². The lowest BCUT2D eigenvalue weighted by atomic mass is 9.53. The number of hydrogen-bond acceptors (Lipinski definition) is 8. The Morgan fingerprint density at radius 1 is 1.15 bits per heavy atom. The van der Waals surface area contributed by atoms with Crippen LogP contribution < -0.4 is 0 Å². The standard InChI is InChI=1S/C22H32F2O9S/c1-13(2)19(25)31-7-5-4-6-30-14(3)33-21-10-15-8-16(11-21)18(17(9-15)12-21)32-20(26)22(23,24)34(27,28)29/h14-18H,1,4-12H2,2-3H3,(H,27,28,29). The van der Waals surface area contributed by atoms with Gasteiger partial charge in [0.2, 0.25) is 0 Å². The highest BCUT2D eigenvalue weighted by Crippen LogP contribution is 2.58. The zero-order chi connectivity index (χ0) is 25.3. The summed E-state index contributed by atoms with van der Waals surface area (Å²) >= 11 is 0. The van der Waals surface area contributed by atoms with Crippen LogP contribution in [0.5, 0.6) is 0 Å². The van der Waals surface area contributed by atoms with Gasteiger partial charge in [0, 0.05) is 12.2 Å². The van der Waals surface area contributed by atoms with E-state index in [1.165, 1.54) is 0 Å². The summed E-state index contributed by atoms with van der Waals surface area (Å²) in [4.78, 5) is 23.2. The van der Waals surface area contributed by atoms with Crippen LogP contribution in [-0.4, -0.2) is 61.4 Å². The lowest BCUT2D eigenvalue weighted by Crippen LogP contribution is -2.60. The normalized spacial score (nSPS) is 31.2. The Bertz CT molecular complexity index is 888. The quantitative estimate of drug-likeness (QED) is 0.138. The van der Waals surface area contributed by atoms with E-state index in [2.05, 4.69) is 6.58 Å². The van der Waals surface area contributed by atoms with Crippen molar-refractivity contribution < 1.29 is 50.3 Å². The zero-order valence-corrected chi connectivity index (χ0v) is 20.2. The number of alkyl halides is 2. The maximum Gasteiger partial charge on any atom is 0.465 e. The van der Waals surface area contributed by atoms with Crippen LogP contribution in [0.2, 0.25) is 0 Å². The Balaban J connectivity index is 1.48. The number of carbonyl (C=O) groups excluding carboxylic acids is 2. The molecule has 4 aliphatic rings. The number of ether oxygens (including phenoxy) is 4. The first-order valence-corrected chi connectivity index (χ1v) is 12.9. The number of hydrogen-bond donors (Lipinski definition) is 1. The van der Waals surface area contributed by atoms with Crippen LogP contribution in [0, 0.1) is 17.8 Å². The van der Waals surface area contributed by atoms with Crippen LogP contribution in [0.3, 0.4) is 0 Å². The summed E-state index contributed by atoms with van der Waals surface area (Å²) in [5.74, 6) is -2.84. The van der Waals surface area contributed by atoms with Crippen molar-refractivity contribution in [1.82, 2.24) is 0 Å². The molecule has 0 aromatic heterocycles. The van der Waals surface area contributed by atoms with Gasteiger partial charge in [0.25, 0.3) is 0 Å². The number of unbranched alkanes of at least 4 members (excludes halogenated alkanes) is 1. The van der Waals surface area contributed by atoms with E-state index in [-0.39, 0.29) is 18.4 Å². The molecule has 12 heteroatoms. The predicted octanol–water partition coefficient (Wildman–Crippen LogP) is 3.24. The molecule has 4 rings (SSSR count). The Morgan fingerprint density at radius 3 is 2.29 bits per heavy atom. The van der Waals surface area contributed by atoms with Crippen molar-refractivity contribution >= 4 is 22.1 Å². The molecule has 9 nitrogen and oxygen atoms in total. The van der Waals surface area contributed by atoms with Crippen molar-refractivity contribution in [3.63, 3.8) is 0 Å². The molecule has 3 unspecified atom stereocenters. The van der Waals surface area contributed by atoms with E-state index in [9.17, 15) is 26.8 Å². The maximum absolute atomic E-state index is 13.7. The van der Waals surface area contributed by atoms with Crippen molar-refractivity contribution in [2.75, 3.05) is 13.2 Å². The van der Waals surface area contributed by atoms with Crippen molar-refractivity contribution in [1.29, 1.82) is 0 Å². The summed E-state index contributed by atoms with van der Waals surface area (Å²) in [6.45, 7) is 7.55. The second-order valence-electron chi connectivity index (χ2n) is 9.69. The number of carbonyl (C=O) groups is 2. The molecule has 0 heterocycles. The fraction of sp³-hybridized carbons (Fsp3) is 0.818. The molecule has 0 spiro atoms. The van der Waals surface area contributed by atoms with Crippen LogP contribution in [0.15, 0.2) is 12.2 Å². The summed E-state index contributed by atoms with van der Waals surface area (Å²) in [6, 6.07) is 0. The highest BCUT2D eigenvalue weighted by Gasteiger charge is 2.61. The van der Waals surface area contributed by atoms with Crippen LogP contribution >= 0.6 is 0 Å². The van der Waals surface area contributed by atoms with Gasteiger partial charge in [-0.15, -0.1) is 0 Å². The molecule has 194 valence electrons. The van der Waals surface area contributed by atoms with Gasteiger partial charge in [-0.3, -0.25) is 4.55 Å². The molecular formula is C22H32F2O9S. The van der Waals surface area contributed by atoms with E-state index in [0.29, 0.717) is 56.6 Å². The smallest absolute Gasteiger partial charge is 0.462 e. The van der Waals surface area contributed by atoms with E-state index in [1.54, 1.807) is 13.8 Å². The number of esters is 2. The molecule has 3 atom stereocenters. The second-order valence-corrected chi connectivity index (χ2v) is 11.2. The Hall–Kier alpha value is -1.63. The highest BCUT2D eigenvalue weighted by molar-refractivity contribution is 7.87. The first-order valence-electron chi connectivity index (χ1n) is 11.4. The van der Waals surface area contributed by atoms with Gasteiger partial charge in [0.1, 0.15) is 6.10 Å². The van der Waals surface area contributed by atoms with Gasteiger partial charge in [0.15, 0.2) is 6.29 Å². The third kappa shape index (κ3) is 5.95. The minimum absolute atomic E-state index is 0.234. The van der Waals surface area contributed by atoms with Crippen molar-refractivity contribution in [2.45, 2.75) is 82.0 Å². The third-order valence-electron chi connectivity index (χ3n) is 6.82. The summed E-state index contributed by atoms with van der Waals surface area (Å²) < 4.78 is 79.7. The minimum Gasteiger partial charge on any atom is -0.462 e. The highest BCUT2D eigenvalue weighted by atomic mass is 32.2. The van der Waals surface area contributed by atoms with E-state index in [0.717, 1.165) is 6.42 Å². The maximum atomic E-state index is 13.7. The monoisotopic (exact) mass is 510 g/mol. The molecule has 4 fully saturated rings. The molecular weight excluding hydrogens is 478 g/mol. The Morgan fingerprint density at radius 2 is 1.74 bits per heavy atom. The van der Waals surface area contributed by atoms with Gasteiger partial charge in [-0.2, -0.15) is 17.2 Å². The minimum atomic E-state index is -5.91. The van der Waals surface area contributed by atoms with E-state index < -0.39 is 45.3 Å². The van der Waals surface area contributed by atoms with Gasteiger partial charge in [-0.05, 0) is 76.5 Å².